The lowest BCUT2D eigenvalue weighted by atomic mass is 10.1. The van der Waals surface area contributed by atoms with E-state index >= 15 is 0 Å². The van der Waals surface area contributed by atoms with Crippen molar-refractivity contribution in [1.29, 1.82) is 0 Å². The summed E-state index contributed by atoms with van der Waals surface area (Å²) in [5.74, 6) is -0.232. The van der Waals surface area contributed by atoms with Crippen molar-refractivity contribution >= 4 is 32.4 Å². The Balaban J connectivity index is 1.61. The van der Waals surface area contributed by atoms with Gasteiger partial charge in [0, 0.05) is 12.2 Å². The third-order valence-corrected chi connectivity index (χ3v) is 5.04. The highest BCUT2D eigenvalue weighted by Crippen LogP contribution is 2.17. The minimum Gasteiger partial charge on any atom is -0.325 e. The number of nitrogens with one attached hydrogen (secondary N) is 1. The maximum absolute atomic E-state index is 12.3. The Kier molecular flexibility index (Phi) is 5.55. The van der Waals surface area contributed by atoms with Crippen molar-refractivity contribution in [2.75, 3.05) is 18.9 Å². The summed E-state index contributed by atoms with van der Waals surface area (Å²) in [4.78, 5) is 14.1. The average molecular weight is 383 g/mol. The van der Waals surface area contributed by atoms with Crippen LogP contribution < -0.4 is 10.5 Å². The number of hydrogen-bond acceptors (Lipinski definition) is 4. The number of carbonyl (C=O) groups is 1. The van der Waals surface area contributed by atoms with Gasteiger partial charge in [0.25, 0.3) is 0 Å². The first kappa shape index (κ1) is 19.0. The number of nitrogens with zero attached hydrogens (tertiary/aromatic N) is 1. The first-order chi connectivity index (χ1) is 12.8. The van der Waals surface area contributed by atoms with Gasteiger partial charge in [-0.3, -0.25) is 9.69 Å². The summed E-state index contributed by atoms with van der Waals surface area (Å²) >= 11 is 0. The van der Waals surface area contributed by atoms with E-state index in [1.54, 1.807) is 6.07 Å². The number of hydrogen-bond donors (Lipinski definition) is 2. The molecule has 0 heterocycles. The van der Waals surface area contributed by atoms with Crippen LogP contribution in [0.3, 0.4) is 0 Å². The molecule has 3 aromatic rings. The van der Waals surface area contributed by atoms with Crippen LogP contribution in [0.2, 0.25) is 0 Å². The molecule has 0 saturated carbocycles. The van der Waals surface area contributed by atoms with Crippen molar-refractivity contribution in [3.63, 3.8) is 0 Å². The molecule has 1 amide bonds. The molecule has 0 aliphatic heterocycles. The maximum atomic E-state index is 12.3. The van der Waals surface area contributed by atoms with E-state index in [4.69, 9.17) is 5.14 Å². The molecule has 3 N–H and O–H groups in total. The van der Waals surface area contributed by atoms with E-state index in [2.05, 4.69) is 29.6 Å². The van der Waals surface area contributed by atoms with Gasteiger partial charge in [-0.25, -0.2) is 13.6 Å². The number of amides is 1. The lowest BCUT2D eigenvalue weighted by Gasteiger charge is -2.17. The highest BCUT2D eigenvalue weighted by molar-refractivity contribution is 7.89. The second-order valence-electron chi connectivity index (χ2n) is 6.47. The molecule has 0 unspecified atom stereocenters. The highest BCUT2D eigenvalue weighted by atomic mass is 32.2. The molecule has 0 aliphatic rings. The van der Waals surface area contributed by atoms with Gasteiger partial charge >= 0.3 is 0 Å². The van der Waals surface area contributed by atoms with Crippen LogP contribution in [-0.2, 0) is 21.4 Å². The van der Waals surface area contributed by atoms with Gasteiger partial charge in [-0.05, 0) is 47.6 Å². The molecule has 0 bridgehead atoms. The number of anilines is 1. The smallest absolute Gasteiger partial charge is 0.238 e. The fourth-order valence-electron chi connectivity index (χ4n) is 2.90. The SMILES string of the molecule is CN(CC(=O)Nc1cccc(S(N)(=O)=O)c1)Cc1ccc2ccccc2c1. The van der Waals surface area contributed by atoms with Gasteiger partial charge in [0.05, 0.1) is 11.4 Å². The monoisotopic (exact) mass is 383 g/mol. The molecule has 3 aromatic carbocycles. The molecular formula is C20H21N3O3S. The quantitative estimate of drug-likeness (QED) is 0.684. The minimum atomic E-state index is -3.80. The van der Waals surface area contributed by atoms with Crippen molar-refractivity contribution < 1.29 is 13.2 Å². The molecule has 27 heavy (non-hydrogen) atoms. The summed E-state index contributed by atoms with van der Waals surface area (Å²) in [5, 5.41) is 10.2. The highest BCUT2D eigenvalue weighted by Gasteiger charge is 2.11. The van der Waals surface area contributed by atoms with E-state index in [0.29, 0.717) is 12.2 Å². The van der Waals surface area contributed by atoms with Crippen LogP contribution in [0.15, 0.2) is 71.6 Å². The Morgan fingerprint density at radius 1 is 1.00 bits per heavy atom. The minimum absolute atomic E-state index is 0.0372. The fourth-order valence-corrected chi connectivity index (χ4v) is 3.46. The number of carbonyl (C=O) groups excluding carboxylic acids is 1. The van der Waals surface area contributed by atoms with Crippen LogP contribution in [0.4, 0.5) is 5.69 Å². The summed E-state index contributed by atoms with van der Waals surface area (Å²) in [6.07, 6.45) is 0. The van der Waals surface area contributed by atoms with Gasteiger partial charge < -0.3 is 5.32 Å². The lowest BCUT2D eigenvalue weighted by Crippen LogP contribution is -2.29. The average Bonchev–Trinajstić information content (AvgIpc) is 2.61. The number of nitrogens with two attached hydrogens (primary N) is 1. The van der Waals surface area contributed by atoms with E-state index in [-0.39, 0.29) is 17.3 Å². The third kappa shape index (κ3) is 5.13. The summed E-state index contributed by atoms with van der Waals surface area (Å²) in [6.45, 7) is 0.794. The molecule has 0 fully saturated rings. The molecular weight excluding hydrogens is 362 g/mol. The molecule has 0 saturated heterocycles. The summed E-state index contributed by atoms with van der Waals surface area (Å²) in [7, 11) is -1.95. The van der Waals surface area contributed by atoms with Crippen molar-refractivity contribution in [3.8, 4) is 0 Å². The Morgan fingerprint density at radius 2 is 1.74 bits per heavy atom. The van der Waals surface area contributed by atoms with Crippen LogP contribution in [0, 0.1) is 0 Å². The molecule has 140 valence electrons. The van der Waals surface area contributed by atoms with Crippen LogP contribution >= 0.6 is 0 Å². The molecule has 7 heteroatoms. The molecule has 6 nitrogen and oxygen atoms in total. The maximum Gasteiger partial charge on any atom is 0.238 e. The number of likely N-dealkylation sites (N-methyl/N-ethyl adjacent to an activating group) is 1. The predicted octanol–water partition coefficient (Wildman–Crippen LogP) is 2.56. The van der Waals surface area contributed by atoms with E-state index in [1.165, 1.54) is 23.6 Å². The van der Waals surface area contributed by atoms with E-state index in [9.17, 15) is 13.2 Å². The summed E-state index contributed by atoms with van der Waals surface area (Å²) in [5.41, 5.74) is 1.51. The van der Waals surface area contributed by atoms with Gasteiger partial charge in [-0.2, -0.15) is 0 Å². The van der Waals surface area contributed by atoms with Crippen LogP contribution in [0.5, 0.6) is 0 Å². The number of fused-ring (bicyclic) bond motifs is 1. The standard InChI is InChI=1S/C20H21N3O3S/c1-23(13-15-9-10-16-5-2-3-6-17(16)11-15)14-20(24)22-18-7-4-8-19(12-18)27(21,25)26/h2-12H,13-14H2,1H3,(H,22,24)(H2,21,25,26). The van der Waals surface area contributed by atoms with Crippen molar-refractivity contribution in [2.24, 2.45) is 5.14 Å². The number of primary sulfonamides is 1. The Morgan fingerprint density at radius 3 is 2.48 bits per heavy atom. The third-order valence-electron chi connectivity index (χ3n) is 4.13. The van der Waals surface area contributed by atoms with Crippen molar-refractivity contribution in [1.82, 2.24) is 4.90 Å². The van der Waals surface area contributed by atoms with Gasteiger partial charge in [0.1, 0.15) is 0 Å². The lowest BCUT2D eigenvalue weighted by molar-refractivity contribution is -0.117. The molecule has 0 spiro atoms. The largest absolute Gasteiger partial charge is 0.325 e. The molecule has 0 aromatic heterocycles. The summed E-state index contributed by atoms with van der Waals surface area (Å²) in [6, 6.07) is 20.2. The van der Waals surface area contributed by atoms with Gasteiger partial charge in [0.15, 0.2) is 0 Å². The number of benzene rings is 3. The summed E-state index contributed by atoms with van der Waals surface area (Å²) < 4.78 is 22.8. The first-order valence-electron chi connectivity index (χ1n) is 8.40. The zero-order valence-electron chi connectivity index (χ0n) is 14.9. The zero-order valence-corrected chi connectivity index (χ0v) is 15.7. The molecule has 3 rings (SSSR count). The second-order valence-corrected chi connectivity index (χ2v) is 8.04. The Labute approximate surface area is 158 Å². The van der Waals surface area contributed by atoms with E-state index in [0.717, 1.165) is 10.9 Å². The Hall–Kier alpha value is -2.74. The topological polar surface area (TPSA) is 92.5 Å². The van der Waals surface area contributed by atoms with Crippen LogP contribution in [-0.4, -0.2) is 32.8 Å². The van der Waals surface area contributed by atoms with Gasteiger partial charge in [-0.15, -0.1) is 0 Å². The van der Waals surface area contributed by atoms with E-state index in [1.807, 2.05) is 30.1 Å². The first-order valence-corrected chi connectivity index (χ1v) is 9.95. The predicted molar refractivity (Wildman–Crippen MR) is 107 cm³/mol. The Bertz CT molecular complexity index is 1080. The number of rotatable bonds is 6. The van der Waals surface area contributed by atoms with Gasteiger partial charge in [0.2, 0.25) is 15.9 Å². The van der Waals surface area contributed by atoms with Crippen LogP contribution in [0.1, 0.15) is 5.56 Å². The molecule has 0 radical (unpaired) electrons. The molecule has 0 atom stereocenters. The van der Waals surface area contributed by atoms with Gasteiger partial charge in [-0.1, -0.05) is 42.5 Å². The second kappa shape index (κ2) is 7.87. The number of sulfonamides is 1. The zero-order chi connectivity index (χ0) is 19.4. The fraction of sp³-hybridized carbons (Fsp3) is 0.150. The normalized spacial score (nSPS) is 11.7. The van der Waals surface area contributed by atoms with Crippen molar-refractivity contribution in [3.05, 3.63) is 72.3 Å². The van der Waals surface area contributed by atoms with Crippen LogP contribution in [0.25, 0.3) is 10.8 Å². The van der Waals surface area contributed by atoms with Crippen molar-refractivity contribution in [2.45, 2.75) is 11.4 Å². The molecule has 0 aliphatic carbocycles. The van der Waals surface area contributed by atoms with E-state index < -0.39 is 10.0 Å².